The van der Waals surface area contributed by atoms with Crippen LogP contribution in [-0.4, -0.2) is 9.91 Å². The maximum Gasteiger partial charge on any atom is 0.271 e. The van der Waals surface area contributed by atoms with E-state index < -0.39 is 4.92 Å². The minimum Gasteiger partial charge on any atom is -0.436 e. The highest BCUT2D eigenvalue weighted by Crippen LogP contribution is 2.34. The molecule has 0 saturated carbocycles. The summed E-state index contributed by atoms with van der Waals surface area (Å²) in [5.41, 5.74) is 1.33. The molecule has 0 unspecified atom stereocenters. The summed E-state index contributed by atoms with van der Waals surface area (Å²) in [6.07, 6.45) is 0. The molecule has 20 heavy (non-hydrogen) atoms. The van der Waals surface area contributed by atoms with Crippen molar-refractivity contribution in [2.45, 2.75) is 0 Å². The number of fused-ring (bicyclic) bond motifs is 1. The van der Waals surface area contributed by atoms with E-state index in [0.717, 1.165) is 0 Å². The van der Waals surface area contributed by atoms with Crippen molar-refractivity contribution in [2.24, 2.45) is 0 Å². The Bertz CT molecular complexity index is 830. The van der Waals surface area contributed by atoms with Crippen LogP contribution in [0.3, 0.4) is 0 Å². The first-order chi connectivity index (χ1) is 9.56. The smallest absolute Gasteiger partial charge is 0.271 e. The Morgan fingerprint density at radius 1 is 1.20 bits per heavy atom. The number of rotatable bonds is 2. The molecule has 7 heteroatoms. The van der Waals surface area contributed by atoms with Gasteiger partial charge in [0.25, 0.3) is 5.69 Å². The van der Waals surface area contributed by atoms with Gasteiger partial charge in [-0.05, 0) is 18.2 Å². The monoisotopic (exact) mass is 308 g/mol. The van der Waals surface area contributed by atoms with E-state index >= 15 is 0 Å². The Kier molecular flexibility index (Phi) is 3.08. The van der Waals surface area contributed by atoms with Gasteiger partial charge in [-0.25, -0.2) is 4.98 Å². The quantitative estimate of drug-likeness (QED) is 0.508. The maximum atomic E-state index is 10.7. The Balaban J connectivity index is 2.18. The molecule has 0 N–H and O–H groups in total. The summed E-state index contributed by atoms with van der Waals surface area (Å²) in [5, 5.41) is 11.4. The fraction of sp³-hybridized carbons (Fsp3) is 0. The predicted octanol–water partition coefficient (Wildman–Crippen LogP) is 4.71. The Hall–Kier alpha value is -2.11. The molecule has 1 heterocycles. The zero-order chi connectivity index (χ0) is 14.3. The van der Waals surface area contributed by atoms with Gasteiger partial charge in [0.2, 0.25) is 5.89 Å². The molecule has 0 aliphatic rings. The van der Waals surface area contributed by atoms with Gasteiger partial charge in [0.1, 0.15) is 5.52 Å². The SMILES string of the molecule is O=[N+]([O-])c1ccc2oc(-c3cccc(Cl)c3Cl)nc2c1. The van der Waals surface area contributed by atoms with Gasteiger partial charge in [-0.1, -0.05) is 29.3 Å². The van der Waals surface area contributed by atoms with Gasteiger partial charge >= 0.3 is 0 Å². The molecule has 0 aliphatic heterocycles. The highest BCUT2D eigenvalue weighted by atomic mass is 35.5. The number of nitro groups is 1. The maximum absolute atomic E-state index is 10.7. The lowest BCUT2D eigenvalue weighted by Gasteiger charge is -2.00. The molecule has 0 spiro atoms. The van der Waals surface area contributed by atoms with E-state index in [1.54, 1.807) is 18.2 Å². The normalized spacial score (nSPS) is 10.9. The lowest BCUT2D eigenvalue weighted by Crippen LogP contribution is -1.86. The van der Waals surface area contributed by atoms with Crippen molar-refractivity contribution in [1.82, 2.24) is 4.98 Å². The highest BCUT2D eigenvalue weighted by molar-refractivity contribution is 6.43. The van der Waals surface area contributed by atoms with Crippen LogP contribution in [-0.2, 0) is 0 Å². The van der Waals surface area contributed by atoms with Crippen LogP contribution in [0.25, 0.3) is 22.6 Å². The van der Waals surface area contributed by atoms with E-state index in [1.807, 2.05) is 0 Å². The minimum atomic E-state index is -0.486. The topological polar surface area (TPSA) is 69.2 Å². The van der Waals surface area contributed by atoms with Crippen molar-refractivity contribution >= 4 is 40.0 Å². The summed E-state index contributed by atoms with van der Waals surface area (Å²) in [7, 11) is 0. The number of nitrogens with zero attached hydrogens (tertiary/aromatic N) is 2. The van der Waals surface area contributed by atoms with Gasteiger partial charge < -0.3 is 4.42 Å². The number of benzene rings is 2. The summed E-state index contributed by atoms with van der Waals surface area (Å²) in [4.78, 5) is 14.5. The van der Waals surface area contributed by atoms with E-state index in [2.05, 4.69) is 4.98 Å². The zero-order valence-electron chi connectivity index (χ0n) is 9.84. The molecule has 0 bridgehead atoms. The van der Waals surface area contributed by atoms with Gasteiger partial charge in [0, 0.05) is 12.1 Å². The number of hydrogen-bond acceptors (Lipinski definition) is 4. The number of non-ortho nitro benzene ring substituents is 1. The van der Waals surface area contributed by atoms with E-state index in [9.17, 15) is 10.1 Å². The zero-order valence-corrected chi connectivity index (χ0v) is 11.4. The van der Waals surface area contributed by atoms with Crippen molar-refractivity contribution in [3.8, 4) is 11.5 Å². The van der Waals surface area contributed by atoms with Crippen LogP contribution in [0.2, 0.25) is 10.0 Å². The van der Waals surface area contributed by atoms with E-state index in [4.69, 9.17) is 27.6 Å². The second kappa shape index (κ2) is 4.77. The molecule has 3 aromatic rings. The van der Waals surface area contributed by atoms with Crippen molar-refractivity contribution in [3.63, 3.8) is 0 Å². The molecular formula is C13H6Cl2N2O3. The third-order valence-corrected chi connectivity index (χ3v) is 3.58. The molecule has 2 aromatic carbocycles. The highest BCUT2D eigenvalue weighted by Gasteiger charge is 2.15. The van der Waals surface area contributed by atoms with Crippen LogP contribution in [0.15, 0.2) is 40.8 Å². The molecule has 0 aliphatic carbocycles. The van der Waals surface area contributed by atoms with Gasteiger partial charge in [0.15, 0.2) is 5.58 Å². The molecule has 0 amide bonds. The average Bonchev–Trinajstić information content (AvgIpc) is 2.84. The summed E-state index contributed by atoms with van der Waals surface area (Å²) in [6.45, 7) is 0. The van der Waals surface area contributed by atoms with Gasteiger partial charge in [-0.2, -0.15) is 0 Å². The van der Waals surface area contributed by atoms with Crippen molar-refractivity contribution in [3.05, 3.63) is 56.6 Å². The average molecular weight is 309 g/mol. The Morgan fingerprint density at radius 3 is 2.75 bits per heavy atom. The fourth-order valence-corrected chi connectivity index (χ4v) is 2.19. The van der Waals surface area contributed by atoms with Crippen LogP contribution >= 0.6 is 23.2 Å². The number of hydrogen-bond donors (Lipinski definition) is 0. The number of aromatic nitrogens is 1. The Morgan fingerprint density at radius 2 is 2.00 bits per heavy atom. The van der Waals surface area contributed by atoms with Crippen LogP contribution in [0.4, 0.5) is 5.69 Å². The predicted molar refractivity (Wildman–Crippen MR) is 76.1 cm³/mol. The first-order valence-electron chi connectivity index (χ1n) is 5.55. The molecular weight excluding hydrogens is 303 g/mol. The lowest BCUT2D eigenvalue weighted by atomic mass is 10.2. The third-order valence-electron chi connectivity index (χ3n) is 2.76. The molecule has 100 valence electrons. The first kappa shape index (κ1) is 12.9. The summed E-state index contributed by atoms with van der Waals surface area (Å²) in [6, 6.07) is 9.30. The number of nitro benzene ring substituents is 1. The van der Waals surface area contributed by atoms with Gasteiger partial charge in [-0.3, -0.25) is 10.1 Å². The third kappa shape index (κ3) is 2.11. The summed E-state index contributed by atoms with van der Waals surface area (Å²) < 4.78 is 5.55. The Labute approximate surface area is 122 Å². The second-order valence-electron chi connectivity index (χ2n) is 4.03. The van der Waals surface area contributed by atoms with Crippen molar-refractivity contribution in [1.29, 1.82) is 0 Å². The van der Waals surface area contributed by atoms with Crippen LogP contribution in [0.1, 0.15) is 0 Å². The lowest BCUT2D eigenvalue weighted by molar-refractivity contribution is -0.384. The van der Waals surface area contributed by atoms with Gasteiger partial charge in [0.05, 0.1) is 20.5 Å². The summed E-state index contributed by atoms with van der Waals surface area (Å²) in [5.74, 6) is 0.271. The molecule has 0 fully saturated rings. The van der Waals surface area contributed by atoms with E-state index in [-0.39, 0.29) is 11.6 Å². The minimum absolute atomic E-state index is 0.0467. The number of halogens is 2. The fourth-order valence-electron chi connectivity index (χ4n) is 1.81. The van der Waals surface area contributed by atoms with Crippen LogP contribution < -0.4 is 0 Å². The molecule has 5 nitrogen and oxygen atoms in total. The molecule has 1 aromatic heterocycles. The molecule has 3 rings (SSSR count). The molecule has 0 radical (unpaired) electrons. The van der Waals surface area contributed by atoms with Gasteiger partial charge in [-0.15, -0.1) is 0 Å². The molecule has 0 saturated heterocycles. The van der Waals surface area contributed by atoms with Crippen molar-refractivity contribution in [2.75, 3.05) is 0 Å². The first-order valence-corrected chi connectivity index (χ1v) is 6.31. The largest absolute Gasteiger partial charge is 0.436 e. The second-order valence-corrected chi connectivity index (χ2v) is 4.81. The molecule has 0 atom stereocenters. The van der Waals surface area contributed by atoms with E-state index in [1.165, 1.54) is 18.2 Å². The van der Waals surface area contributed by atoms with Crippen molar-refractivity contribution < 1.29 is 9.34 Å². The van der Waals surface area contributed by atoms with E-state index in [0.29, 0.717) is 26.7 Å². The number of oxazole rings is 1. The van der Waals surface area contributed by atoms with Crippen LogP contribution in [0, 0.1) is 10.1 Å². The summed E-state index contributed by atoms with van der Waals surface area (Å²) >= 11 is 12.0. The standard InChI is InChI=1S/C13H6Cl2N2O3/c14-9-3-1-2-8(12(9)15)13-16-10-6-7(17(18)19)4-5-11(10)20-13/h1-6H. The van der Waals surface area contributed by atoms with Crippen LogP contribution in [0.5, 0.6) is 0 Å².